The van der Waals surface area contributed by atoms with Crippen molar-refractivity contribution in [1.82, 2.24) is 9.88 Å². The van der Waals surface area contributed by atoms with Crippen LogP contribution in [0.1, 0.15) is 34.1 Å². The zero-order valence-electron chi connectivity index (χ0n) is 10.6. The molecule has 1 aromatic rings. The zero-order valence-corrected chi connectivity index (χ0v) is 10.6. The number of hydrogen-bond acceptors (Lipinski definition) is 4. The molecular weight excluding hydrogens is 248 g/mol. The first kappa shape index (κ1) is 13.5. The quantitative estimate of drug-likeness (QED) is 0.835. The Kier molecular flexibility index (Phi) is 3.80. The van der Waals surface area contributed by atoms with Crippen molar-refractivity contribution < 1.29 is 19.8 Å². The summed E-state index contributed by atoms with van der Waals surface area (Å²) in [6.07, 6.45) is 3.38. The highest BCUT2D eigenvalue weighted by Crippen LogP contribution is 2.26. The number of aliphatic hydroxyl groups excluding tert-OH is 1. The third-order valence-corrected chi connectivity index (χ3v) is 3.61. The van der Waals surface area contributed by atoms with E-state index in [-0.39, 0.29) is 35.6 Å². The molecule has 0 aliphatic carbocycles. The van der Waals surface area contributed by atoms with Gasteiger partial charge in [0.25, 0.3) is 5.91 Å². The third kappa shape index (κ3) is 2.44. The molecule has 2 atom stereocenters. The van der Waals surface area contributed by atoms with Crippen LogP contribution in [0, 0.1) is 5.92 Å². The van der Waals surface area contributed by atoms with Gasteiger partial charge in [-0.25, -0.2) is 4.79 Å². The molecule has 1 aliphatic heterocycles. The highest BCUT2D eigenvalue weighted by atomic mass is 16.4. The highest BCUT2D eigenvalue weighted by Gasteiger charge is 2.35. The lowest BCUT2D eigenvalue weighted by molar-refractivity contribution is 0.0625. The fourth-order valence-corrected chi connectivity index (χ4v) is 2.44. The molecule has 19 heavy (non-hydrogen) atoms. The molecule has 0 spiro atoms. The Bertz CT molecular complexity index is 503. The normalized spacial score (nSPS) is 22.5. The fourth-order valence-electron chi connectivity index (χ4n) is 2.44. The molecule has 1 aromatic heterocycles. The van der Waals surface area contributed by atoms with E-state index in [1.54, 1.807) is 4.90 Å². The van der Waals surface area contributed by atoms with E-state index in [9.17, 15) is 14.7 Å². The van der Waals surface area contributed by atoms with Crippen LogP contribution in [-0.2, 0) is 0 Å². The third-order valence-electron chi connectivity index (χ3n) is 3.61. The molecular formula is C13H16N2O4. The van der Waals surface area contributed by atoms with Crippen molar-refractivity contribution in [2.24, 2.45) is 5.92 Å². The number of carbonyl (C=O) groups excluding carboxylic acids is 1. The predicted molar refractivity (Wildman–Crippen MR) is 66.9 cm³/mol. The van der Waals surface area contributed by atoms with Gasteiger partial charge in [-0.3, -0.25) is 9.78 Å². The molecule has 0 radical (unpaired) electrons. The van der Waals surface area contributed by atoms with Crippen LogP contribution in [0.3, 0.4) is 0 Å². The minimum Gasteiger partial charge on any atom is -0.478 e. The molecule has 6 heteroatoms. The molecule has 0 aromatic carbocycles. The van der Waals surface area contributed by atoms with Crippen molar-refractivity contribution in [1.29, 1.82) is 0 Å². The summed E-state index contributed by atoms with van der Waals surface area (Å²) in [5.74, 6) is -1.32. The van der Waals surface area contributed by atoms with Crippen LogP contribution in [0.5, 0.6) is 0 Å². The van der Waals surface area contributed by atoms with E-state index in [1.165, 1.54) is 18.5 Å². The molecule has 2 heterocycles. The highest BCUT2D eigenvalue weighted by molar-refractivity contribution is 6.04. The number of aromatic carboxylic acids is 1. The van der Waals surface area contributed by atoms with E-state index >= 15 is 0 Å². The van der Waals surface area contributed by atoms with Gasteiger partial charge < -0.3 is 15.1 Å². The predicted octanol–water partition coefficient (Wildman–Crippen LogP) is 0.623. The van der Waals surface area contributed by atoms with Crippen molar-refractivity contribution in [2.45, 2.75) is 19.4 Å². The fraction of sp³-hybridized carbons (Fsp3) is 0.462. The zero-order chi connectivity index (χ0) is 14.0. The number of carboxylic acid groups (broad SMARTS) is 1. The van der Waals surface area contributed by atoms with Crippen LogP contribution < -0.4 is 0 Å². The van der Waals surface area contributed by atoms with Gasteiger partial charge >= 0.3 is 5.97 Å². The van der Waals surface area contributed by atoms with Crippen LogP contribution in [0.4, 0.5) is 0 Å². The SMILES string of the molecule is CC1CCN(C(=O)c2ccncc2C(=O)O)C1CO. The molecule has 2 N–H and O–H groups in total. The van der Waals surface area contributed by atoms with Crippen LogP contribution in [0.2, 0.25) is 0 Å². The van der Waals surface area contributed by atoms with Gasteiger partial charge in [0, 0.05) is 18.9 Å². The second-order valence-corrected chi connectivity index (χ2v) is 4.74. The Morgan fingerprint density at radius 1 is 1.47 bits per heavy atom. The molecule has 1 saturated heterocycles. The molecule has 2 rings (SSSR count). The lowest BCUT2D eigenvalue weighted by Crippen LogP contribution is -2.40. The molecule has 1 amide bonds. The summed E-state index contributed by atoms with van der Waals surface area (Å²) in [5, 5.41) is 18.4. The van der Waals surface area contributed by atoms with Gasteiger partial charge in [-0.1, -0.05) is 6.92 Å². The summed E-state index contributed by atoms with van der Waals surface area (Å²) < 4.78 is 0. The van der Waals surface area contributed by atoms with Gasteiger partial charge in [-0.15, -0.1) is 0 Å². The topological polar surface area (TPSA) is 90.7 Å². The molecule has 0 bridgehead atoms. The molecule has 1 aliphatic rings. The van der Waals surface area contributed by atoms with Gasteiger partial charge in [0.2, 0.25) is 0 Å². The minimum absolute atomic E-state index is 0.108. The van der Waals surface area contributed by atoms with Gasteiger partial charge in [-0.2, -0.15) is 0 Å². The molecule has 102 valence electrons. The van der Waals surface area contributed by atoms with E-state index in [4.69, 9.17) is 5.11 Å². The molecule has 6 nitrogen and oxygen atoms in total. The van der Waals surface area contributed by atoms with Crippen LogP contribution >= 0.6 is 0 Å². The number of nitrogens with zero attached hydrogens (tertiary/aromatic N) is 2. The lowest BCUT2D eigenvalue weighted by atomic mass is 10.0. The van der Waals surface area contributed by atoms with Gasteiger partial charge in [0.1, 0.15) is 0 Å². The number of rotatable bonds is 3. The lowest BCUT2D eigenvalue weighted by Gasteiger charge is -2.25. The van der Waals surface area contributed by atoms with Gasteiger partial charge in [0.05, 0.1) is 23.8 Å². The van der Waals surface area contributed by atoms with E-state index < -0.39 is 5.97 Å². The average molecular weight is 264 g/mol. The summed E-state index contributed by atoms with van der Waals surface area (Å²) >= 11 is 0. The smallest absolute Gasteiger partial charge is 0.338 e. The largest absolute Gasteiger partial charge is 0.478 e. The van der Waals surface area contributed by atoms with Gasteiger partial charge in [0.15, 0.2) is 0 Å². The summed E-state index contributed by atoms with van der Waals surface area (Å²) in [6.45, 7) is 2.39. The average Bonchev–Trinajstić information content (AvgIpc) is 2.78. The summed E-state index contributed by atoms with van der Waals surface area (Å²) in [6, 6.07) is 1.16. The molecule has 2 unspecified atom stereocenters. The van der Waals surface area contributed by atoms with E-state index in [2.05, 4.69) is 4.98 Å². The first-order valence-electron chi connectivity index (χ1n) is 6.15. The summed E-state index contributed by atoms with van der Waals surface area (Å²) in [4.78, 5) is 28.8. The number of aromatic nitrogens is 1. The summed E-state index contributed by atoms with van der Waals surface area (Å²) in [5.41, 5.74) is 0.0128. The first-order chi connectivity index (χ1) is 9.06. The van der Waals surface area contributed by atoms with Crippen LogP contribution in [-0.4, -0.2) is 51.2 Å². The van der Waals surface area contributed by atoms with Crippen molar-refractivity contribution >= 4 is 11.9 Å². The number of aliphatic hydroxyl groups is 1. The second kappa shape index (κ2) is 5.36. The number of hydrogen-bond donors (Lipinski definition) is 2. The Morgan fingerprint density at radius 3 is 2.84 bits per heavy atom. The summed E-state index contributed by atoms with van der Waals surface area (Å²) in [7, 11) is 0. The maximum Gasteiger partial charge on any atom is 0.338 e. The molecule has 1 fully saturated rings. The number of amides is 1. The number of likely N-dealkylation sites (tertiary alicyclic amines) is 1. The Labute approximate surface area is 110 Å². The number of carbonyl (C=O) groups is 2. The number of carboxylic acids is 1. The Hall–Kier alpha value is -1.95. The van der Waals surface area contributed by atoms with Crippen molar-refractivity contribution in [3.63, 3.8) is 0 Å². The van der Waals surface area contributed by atoms with E-state index in [0.717, 1.165) is 6.42 Å². The maximum absolute atomic E-state index is 12.4. The van der Waals surface area contributed by atoms with Crippen LogP contribution in [0.25, 0.3) is 0 Å². The Balaban J connectivity index is 2.32. The first-order valence-corrected chi connectivity index (χ1v) is 6.15. The standard InChI is InChI=1S/C13H16N2O4/c1-8-3-5-15(11(8)7-16)12(17)9-2-4-14-6-10(9)13(18)19/h2,4,6,8,11,16H,3,5,7H2,1H3,(H,18,19). The van der Waals surface area contributed by atoms with Crippen molar-refractivity contribution in [2.75, 3.05) is 13.2 Å². The Morgan fingerprint density at radius 2 is 2.21 bits per heavy atom. The van der Waals surface area contributed by atoms with Crippen LogP contribution in [0.15, 0.2) is 18.5 Å². The number of pyridine rings is 1. The second-order valence-electron chi connectivity index (χ2n) is 4.74. The van der Waals surface area contributed by atoms with Crippen molar-refractivity contribution in [3.05, 3.63) is 29.6 Å². The van der Waals surface area contributed by atoms with Crippen molar-refractivity contribution in [3.8, 4) is 0 Å². The van der Waals surface area contributed by atoms with E-state index in [0.29, 0.717) is 6.54 Å². The molecule has 0 saturated carbocycles. The maximum atomic E-state index is 12.4. The minimum atomic E-state index is -1.18. The van der Waals surface area contributed by atoms with Gasteiger partial charge in [-0.05, 0) is 18.4 Å². The van der Waals surface area contributed by atoms with E-state index in [1.807, 2.05) is 6.92 Å². The monoisotopic (exact) mass is 264 g/mol.